The Hall–Kier alpha value is -3.19. The molecule has 1 aliphatic carbocycles. The first-order chi connectivity index (χ1) is 17.6. The summed E-state index contributed by atoms with van der Waals surface area (Å²) in [6, 6.07) is 3.20. The monoisotopic (exact) mass is 533 g/mol. The number of rotatable bonds is 6. The van der Waals surface area contributed by atoms with E-state index in [0.29, 0.717) is 79.4 Å². The smallest absolute Gasteiger partial charge is 0.265 e. The first-order valence-electron chi connectivity index (χ1n) is 12.4. The van der Waals surface area contributed by atoms with Gasteiger partial charge in [0.25, 0.3) is 10.1 Å². The van der Waals surface area contributed by atoms with Gasteiger partial charge in [-0.1, -0.05) is 6.42 Å². The van der Waals surface area contributed by atoms with Crippen molar-refractivity contribution >= 4 is 44.6 Å². The van der Waals surface area contributed by atoms with Gasteiger partial charge in [0.1, 0.15) is 5.82 Å². The van der Waals surface area contributed by atoms with Gasteiger partial charge in [-0.05, 0) is 37.7 Å². The average molecular weight is 534 g/mol. The maximum Gasteiger partial charge on any atom is 0.265 e. The van der Waals surface area contributed by atoms with Gasteiger partial charge in [0, 0.05) is 30.6 Å². The Morgan fingerprint density at radius 1 is 1.03 bits per heavy atom. The van der Waals surface area contributed by atoms with E-state index in [2.05, 4.69) is 9.97 Å². The van der Waals surface area contributed by atoms with Crippen molar-refractivity contribution in [3.8, 4) is 11.5 Å². The molecule has 0 radical (unpaired) electrons. The molecule has 3 aliphatic rings. The highest BCUT2D eigenvalue weighted by molar-refractivity contribution is 7.85. The Labute approximate surface area is 214 Å². The van der Waals surface area contributed by atoms with E-state index in [9.17, 15) is 22.6 Å². The Bertz CT molecular complexity index is 1340. The third-order valence-electron chi connectivity index (χ3n) is 7.86. The Morgan fingerprint density at radius 3 is 2.35 bits per heavy atom. The molecule has 2 aliphatic heterocycles. The number of piperidine rings is 1. The zero-order valence-corrected chi connectivity index (χ0v) is 21.6. The van der Waals surface area contributed by atoms with Crippen LogP contribution in [0.2, 0.25) is 0 Å². The van der Waals surface area contributed by atoms with Gasteiger partial charge in [0.2, 0.25) is 17.8 Å². The molecule has 1 saturated carbocycles. The molecule has 5 rings (SSSR count). The van der Waals surface area contributed by atoms with E-state index in [-0.39, 0.29) is 17.9 Å². The van der Waals surface area contributed by atoms with E-state index in [0.717, 1.165) is 0 Å². The predicted octanol–water partition coefficient (Wildman–Crippen LogP) is 1.49. The lowest BCUT2D eigenvalue weighted by atomic mass is 9.74. The van der Waals surface area contributed by atoms with Crippen LogP contribution in [0.1, 0.15) is 32.1 Å². The van der Waals surface area contributed by atoms with Crippen molar-refractivity contribution in [3.63, 3.8) is 0 Å². The van der Waals surface area contributed by atoms with Crippen LogP contribution in [0.5, 0.6) is 11.5 Å². The summed E-state index contributed by atoms with van der Waals surface area (Å²) >= 11 is 0. The van der Waals surface area contributed by atoms with Crippen LogP contribution >= 0.6 is 0 Å². The molecule has 3 unspecified atom stereocenters. The molecule has 3 fully saturated rings. The number of benzene rings is 1. The van der Waals surface area contributed by atoms with Crippen molar-refractivity contribution in [1.29, 1.82) is 0 Å². The largest absolute Gasteiger partial charge is 0.493 e. The number of methoxy groups -OCH3 is 2. The van der Waals surface area contributed by atoms with Gasteiger partial charge >= 0.3 is 0 Å². The number of carbonyl (C=O) groups is 2. The second-order valence-corrected chi connectivity index (χ2v) is 11.5. The van der Waals surface area contributed by atoms with Crippen LogP contribution in [-0.4, -0.2) is 78.8 Å². The number of hydrogen-bond donors (Lipinski definition) is 2. The fourth-order valence-electron chi connectivity index (χ4n) is 6.14. The lowest BCUT2D eigenvalue weighted by Gasteiger charge is -2.36. The number of nitrogens with two attached hydrogens (primary N) is 1. The minimum absolute atomic E-state index is 0.222. The molecule has 200 valence electrons. The summed E-state index contributed by atoms with van der Waals surface area (Å²) in [6.45, 7) is 1.04. The molecule has 1 aromatic carbocycles. The quantitative estimate of drug-likeness (QED) is 0.408. The molecule has 1 aromatic heterocycles. The van der Waals surface area contributed by atoms with E-state index >= 15 is 0 Å². The highest BCUT2D eigenvalue weighted by Crippen LogP contribution is 2.44. The number of anilines is 2. The Balaban J connectivity index is 1.32. The van der Waals surface area contributed by atoms with Crippen LogP contribution in [-0.2, 0) is 19.7 Å². The average Bonchev–Trinajstić information content (AvgIpc) is 3.12. The third kappa shape index (κ3) is 4.65. The standard InChI is InChI=1S/C24H31N5O7S/c1-35-18-10-16-17(11-19(18)36-2)26-24(27-21(16)25)28-8-6-14(7-9-28)29-22(30)15-5-3-4-13(12-37(32,33)34)20(15)23(29)31/h10-11,13-15,20H,3-9,12H2,1-2H3,(H2,25,26,27)(H,32,33,34). The first kappa shape index (κ1) is 25.5. The molecule has 2 aromatic rings. The van der Waals surface area contributed by atoms with Gasteiger partial charge in [0.05, 0.1) is 37.3 Å². The van der Waals surface area contributed by atoms with Crippen molar-refractivity contribution in [3.05, 3.63) is 12.1 Å². The number of nitrogen functional groups attached to an aromatic ring is 1. The summed E-state index contributed by atoms with van der Waals surface area (Å²) in [6.07, 6.45) is 2.79. The number of imide groups is 1. The number of aromatic nitrogens is 2. The number of ether oxygens (including phenoxy) is 2. The highest BCUT2D eigenvalue weighted by Gasteiger charge is 2.54. The van der Waals surface area contributed by atoms with Crippen LogP contribution < -0.4 is 20.1 Å². The molecule has 0 bridgehead atoms. The first-order valence-corrected chi connectivity index (χ1v) is 14.0. The van der Waals surface area contributed by atoms with Crippen LogP contribution in [0.3, 0.4) is 0 Å². The number of likely N-dealkylation sites (tertiary alicyclic amines) is 1. The summed E-state index contributed by atoms with van der Waals surface area (Å²) in [7, 11) is -1.16. The fraction of sp³-hybridized carbons (Fsp3) is 0.583. The van der Waals surface area contributed by atoms with E-state index in [1.807, 2.05) is 4.90 Å². The third-order valence-corrected chi connectivity index (χ3v) is 8.71. The Morgan fingerprint density at radius 2 is 1.70 bits per heavy atom. The lowest BCUT2D eigenvalue weighted by molar-refractivity contribution is -0.143. The van der Waals surface area contributed by atoms with Crippen molar-refractivity contribution < 1.29 is 32.0 Å². The maximum atomic E-state index is 13.4. The number of carbonyl (C=O) groups excluding carboxylic acids is 2. The van der Waals surface area contributed by atoms with Gasteiger partial charge in [-0.25, -0.2) is 4.98 Å². The second kappa shape index (κ2) is 9.60. The van der Waals surface area contributed by atoms with Crippen LogP contribution in [0, 0.1) is 17.8 Å². The summed E-state index contributed by atoms with van der Waals surface area (Å²) in [5, 5.41) is 0.645. The summed E-state index contributed by atoms with van der Waals surface area (Å²) in [4.78, 5) is 39.1. The summed E-state index contributed by atoms with van der Waals surface area (Å²) in [5.74, 6) is -0.945. The molecule has 3 atom stereocenters. The minimum Gasteiger partial charge on any atom is -0.493 e. The molecule has 12 nitrogen and oxygen atoms in total. The number of fused-ring (bicyclic) bond motifs is 2. The van der Waals surface area contributed by atoms with Gasteiger partial charge in [0.15, 0.2) is 11.5 Å². The van der Waals surface area contributed by atoms with Gasteiger partial charge in [-0.3, -0.25) is 19.0 Å². The van der Waals surface area contributed by atoms with Gasteiger partial charge in [-0.2, -0.15) is 13.4 Å². The van der Waals surface area contributed by atoms with Gasteiger partial charge < -0.3 is 20.1 Å². The van der Waals surface area contributed by atoms with Crippen LogP contribution in [0.25, 0.3) is 10.9 Å². The predicted molar refractivity (Wildman–Crippen MR) is 135 cm³/mol. The van der Waals surface area contributed by atoms with Crippen molar-refractivity contribution in [2.24, 2.45) is 17.8 Å². The molecule has 2 amide bonds. The second-order valence-electron chi connectivity index (χ2n) is 9.97. The lowest BCUT2D eigenvalue weighted by Crippen LogP contribution is -2.48. The van der Waals surface area contributed by atoms with E-state index in [1.165, 1.54) is 4.90 Å². The van der Waals surface area contributed by atoms with Crippen molar-refractivity contribution in [2.45, 2.75) is 38.1 Å². The van der Waals surface area contributed by atoms with E-state index < -0.39 is 33.6 Å². The molecule has 13 heteroatoms. The molecule has 37 heavy (non-hydrogen) atoms. The van der Waals surface area contributed by atoms with E-state index in [1.54, 1.807) is 26.4 Å². The van der Waals surface area contributed by atoms with E-state index in [4.69, 9.17) is 15.2 Å². The topological polar surface area (TPSA) is 165 Å². The number of amides is 2. The molecule has 0 spiro atoms. The van der Waals surface area contributed by atoms with Crippen molar-refractivity contribution in [1.82, 2.24) is 14.9 Å². The van der Waals surface area contributed by atoms with Crippen LogP contribution in [0.4, 0.5) is 11.8 Å². The molecule has 3 heterocycles. The zero-order chi connectivity index (χ0) is 26.5. The Kier molecular flexibility index (Phi) is 6.61. The number of hydrogen-bond acceptors (Lipinski definition) is 10. The molecular formula is C24H31N5O7S. The number of nitrogens with zero attached hydrogens (tertiary/aromatic N) is 4. The highest BCUT2D eigenvalue weighted by atomic mass is 32.2. The molecular weight excluding hydrogens is 502 g/mol. The normalized spacial score (nSPS) is 25.0. The van der Waals surface area contributed by atoms with Crippen molar-refractivity contribution in [2.75, 3.05) is 43.7 Å². The SMILES string of the molecule is COc1cc2nc(N3CCC(N4C(=O)C5CCCC(CS(=O)(=O)O)C5C4=O)CC3)nc(N)c2cc1OC. The fourth-order valence-corrected chi connectivity index (χ4v) is 7.05. The molecule has 2 saturated heterocycles. The maximum absolute atomic E-state index is 13.4. The molecule has 3 N–H and O–H groups in total. The minimum atomic E-state index is -4.24. The summed E-state index contributed by atoms with van der Waals surface area (Å²) in [5.41, 5.74) is 6.85. The summed E-state index contributed by atoms with van der Waals surface area (Å²) < 4.78 is 43.1. The van der Waals surface area contributed by atoms with Crippen LogP contribution in [0.15, 0.2) is 12.1 Å². The van der Waals surface area contributed by atoms with Gasteiger partial charge in [-0.15, -0.1) is 0 Å². The zero-order valence-electron chi connectivity index (χ0n) is 20.8.